The summed E-state index contributed by atoms with van der Waals surface area (Å²) < 4.78 is 13.4. The summed E-state index contributed by atoms with van der Waals surface area (Å²) in [6.45, 7) is 2.00. The molecule has 0 atom stereocenters. The first-order valence-corrected chi connectivity index (χ1v) is 8.91. The second-order valence-electron chi connectivity index (χ2n) is 6.66. The Kier molecular flexibility index (Phi) is 4.66. The lowest BCUT2D eigenvalue weighted by Gasteiger charge is -2.14. The number of carbonyl (C=O) groups excluding carboxylic acids is 1. The molecule has 6 nitrogen and oxygen atoms in total. The van der Waals surface area contributed by atoms with E-state index in [0.29, 0.717) is 16.8 Å². The number of nitrogens with one attached hydrogen (secondary N) is 1. The number of amides is 1. The van der Waals surface area contributed by atoms with Crippen molar-refractivity contribution >= 4 is 22.6 Å². The van der Waals surface area contributed by atoms with E-state index in [-0.39, 0.29) is 17.2 Å². The molecule has 0 aliphatic rings. The first-order chi connectivity index (χ1) is 14.0. The van der Waals surface area contributed by atoms with Crippen molar-refractivity contribution in [1.29, 1.82) is 0 Å². The third kappa shape index (κ3) is 3.39. The molecule has 0 aliphatic carbocycles. The molecule has 0 fully saturated rings. The predicted octanol–water partition coefficient (Wildman–Crippen LogP) is 3.60. The van der Waals surface area contributed by atoms with Crippen LogP contribution in [0, 0.1) is 12.7 Å². The molecule has 0 aliphatic heterocycles. The van der Waals surface area contributed by atoms with E-state index in [1.165, 1.54) is 12.1 Å². The highest BCUT2D eigenvalue weighted by Crippen LogP contribution is 2.35. The van der Waals surface area contributed by atoms with Crippen molar-refractivity contribution in [2.45, 2.75) is 6.92 Å². The topological polar surface area (TPSA) is 107 Å². The van der Waals surface area contributed by atoms with Gasteiger partial charge in [-0.3, -0.25) is 15.2 Å². The summed E-state index contributed by atoms with van der Waals surface area (Å²) >= 11 is 0. The van der Waals surface area contributed by atoms with Crippen LogP contribution in [0.25, 0.3) is 33.3 Å². The van der Waals surface area contributed by atoms with E-state index in [1.807, 2.05) is 31.2 Å². The number of aryl methyl sites for hydroxylation is 1. The van der Waals surface area contributed by atoms with Crippen LogP contribution in [0.1, 0.15) is 15.9 Å². The Morgan fingerprint density at radius 1 is 1.03 bits per heavy atom. The van der Waals surface area contributed by atoms with Crippen molar-refractivity contribution in [1.82, 2.24) is 15.4 Å². The smallest absolute Gasteiger partial charge is 0.268 e. The first kappa shape index (κ1) is 18.5. The molecule has 5 N–H and O–H groups in total. The zero-order chi connectivity index (χ0) is 20.5. The van der Waals surface area contributed by atoms with Crippen LogP contribution in [-0.2, 0) is 0 Å². The largest absolute Gasteiger partial charge is 0.383 e. The van der Waals surface area contributed by atoms with Gasteiger partial charge in [0, 0.05) is 22.7 Å². The Morgan fingerprint density at radius 3 is 2.48 bits per heavy atom. The predicted molar refractivity (Wildman–Crippen MR) is 111 cm³/mol. The highest BCUT2D eigenvalue weighted by Gasteiger charge is 2.18. The van der Waals surface area contributed by atoms with Crippen molar-refractivity contribution in [2.24, 2.45) is 5.84 Å². The number of benzene rings is 2. The number of hydrogen-bond donors (Lipinski definition) is 3. The van der Waals surface area contributed by atoms with Crippen LogP contribution in [-0.4, -0.2) is 15.9 Å². The monoisotopic (exact) mass is 387 g/mol. The Balaban J connectivity index is 2.00. The minimum atomic E-state index is -0.541. The number of rotatable bonds is 3. The number of aromatic nitrogens is 2. The number of hydrazine groups is 1. The summed E-state index contributed by atoms with van der Waals surface area (Å²) in [5.41, 5.74) is 12.9. The Bertz CT molecular complexity index is 1240. The van der Waals surface area contributed by atoms with E-state index >= 15 is 0 Å². The van der Waals surface area contributed by atoms with Gasteiger partial charge in [-0.15, -0.1) is 0 Å². The molecule has 0 saturated carbocycles. The van der Waals surface area contributed by atoms with Crippen LogP contribution in [0.4, 0.5) is 10.2 Å². The minimum absolute atomic E-state index is 0.0367. The van der Waals surface area contributed by atoms with Gasteiger partial charge in [-0.05, 0) is 66.6 Å². The lowest BCUT2D eigenvalue weighted by Crippen LogP contribution is -2.31. The zero-order valence-corrected chi connectivity index (χ0v) is 15.6. The average Bonchev–Trinajstić information content (AvgIpc) is 2.74. The maximum Gasteiger partial charge on any atom is 0.268 e. The summed E-state index contributed by atoms with van der Waals surface area (Å²) in [6.07, 6.45) is 1.76. The van der Waals surface area contributed by atoms with E-state index in [0.717, 1.165) is 22.0 Å². The van der Waals surface area contributed by atoms with E-state index in [9.17, 15) is 9.18 Å². The molecule has 7 heteroatoms. The molecule has 4 aromatic rings. The molecule has 1 amide bonds. The zero-order valence-electron chi connectivity index (χ0n) is 15.6. The number of nitrogens with two attached hydrogens (primary N) is 2. The number of halogens is 1. The van der Waals surface area contributed by atoms with E-state index in [4.69, 9.17) is 11.6 Å². The first-order valence-electron chi connectivity index (χ1n) is 8.91. The molecule has 144 valence electrons. The van der Waals surface area contributed by atoms with Crippen LogP contribution >= 0.6 is 0 Å². The van der Waals surface area contributed by atoms with Gasteiger partial charge in [-0.25, -0.2) is 15.2 Å². The Labute approximate surface area is 166 Å². The van der Waals surface area contributed by atoms with E-state index in [1.54, 1.807) is 24.4 Å². The van der Waals surface area contributed by atoms with Crippen molar-refractivity contribution in [3.05, 3.63) is 77.7 Å². The highest BCUT2D eigenvalue weighted by atomic mass is 19.1. The number of fused-ring (bicyclic) bond motifs is 1. The summed E-state index contributed by atoms with van der Waals surface area (Å²) in [4.78, 5) is 21.0. The van der Waals surface area contributed by atoms with E-state index < -0.39 is 5.91 Å². The standard InChI is InChI=1S/C22H18FN5O/c1-12-8-9-26-19-7-4-14(10-16(12)19)17-11-18(22(29)28-25)21(24)27-20(17)13-2-5-15(23)6-3-13/h2-11H,25H2,1H3,(H2,24,27)(H,28,29). The summed E-state index contributed by atoms with van der Waals surface area (Å²) in [5.74, 6) is 4.43. The molecule has 0 radical (unpaired) electrons. The maximum absolute atomic E-state index is 13.4. The Hall–Kier alpha value is -3.84. The lowest BCUT2D eigenvalue weighted by molar-refractivity contribution is 0.0954. The van der Waals surface area contributed by atoms with Gasteiger partial charge in [0.25, 0.3) is 5.91 Å². The SMILES string of the molecule is Cc1ccnc2ccc(-c3cc(C(=O)NN)c(N)nc3-c3ccc(F)cc3)cc12. The van der Waals surface area contributed by atoms with Crippen molar-refractivity contribution in [2.75, 3.05) is 5.73 Å². The van der Waals surface area contributed by atoms with Gasteiger partial charge in [0.2, 0.25) is 0 Å². The summed E-state index contributed by atoms with van der Waals surface area (Å²) in [7, 11) is 0. The maximum atomic E-state index is 13.4. The average molecular weight is 387 g/mol. The van der Waals surface area contributed by atoms with Gasteiger partial charge in [-0.1, -0.05) is 6.07 Å². The second-order valence-corrected chi connectivity index (χ2v) is 6.66. The van der Waals surface area contributed by atoms with Crippen LogP contribution < -0.4 is 17.0 Å². The number of pyridine rings is 2. The Morgan fingerprint density at radius 2 is 1.76 bits per heavy atom. The minimum Gasteiger partial charge on any atom is -0.383 e. The van der Waals surface area contributed by atoms with Gasteiger partial charge in [0.1, 0.15) is 11.6 Å². The normalized spacial score (nSPS) is 10.9. The fraction of sp³-hybridized carbons (Fsp3) is 0.0455. The van der Waals surface area contributed by atoms with Crippen LogP contribution in [0.2, 0.25) is 0 Å². The van der Waals surface area contributed by atoms with Crippen molar-refractivity contribution in [3.8, 4) is 22.4 Å². The number of anilines is 1. The quantitative estimate of drug-likeness (QED) is 0.283. The molecular weight excluding hydrogens is 369 g/mol. The molecule has 0 saturated heterocycles. The summed E-state index contributed by atoms with van der Waals surface area (Å²) in [5, 5.41) is 0.983. The van der Waals surface area contributed by atoms with Gasteiger partial charge in [0.05, 0.1) is 16.8 Å². The van der Waals surface area contributed by atoms with Gasteiger partial charge in [0.15, 0.2) is 0 Å². The lowest BCUT2D eigenvalue weighted by atomic mass is 9.95. The summed E-state index contributed by atoms with van der Waals surface area (Å²) in [6, 6.07) is 15.3. The highest BCUT2D eigenvalue weighted by molar-refractivity contribution is 6.01. The molecule has 29 heavy (non-hydrogen) atoms. The molecule has 2 aromatic carbocycles. The number of hydrogen-bond acceptors (Lipinski definition) is 5. The molecule has 2 heterocycles. The molecule has 2 aromatic heterocycles. The van der Waals surface area contributed by atoms with Gasteiger partial charge in [-0.2, -0.15) is 0 Å². The fourth-order valence-electron chi connectivity index (χ4n) is 3.29. The molecule has 0 spiro atoms. The van der Waals surface area contributed by atoms with E-state index in [2.05, 4.69) is 15.4 Å². The second kappa shape index (κ2) is 7.29. The van der Waals surface area contributed by atoms with Crippen LogP contribution in [0.3, 0.4) is 0 Å². The number of nitrogen functional groups attached to an aromatic ring is 2. The van der Waals surface area contributed by atoms with Crippen molar-refractivity contribution in [3.63, 3.8) is 0 Å². The number of nitrogens with zero attached hydrogens (tertiary/aromatic N) is 2. The third-order valence-corrected chi connectivity index (χ3v) is 4.82. The molecule has 0 bridgehead atoms. The number of carbonyl (C=O) groups is 1. The van der Waals surface area contributed by atoms with Gasteiger partial charge < -0.3 is 5.73 Å². The third-order valence-electron chi connectivity index (χ3n) is 4.82. The molecule has 4 rings (SSSR count). The van der Waals surface area contributed by atoms with Crippen LogP contribution in [0.5, 0.6) is 0 Å². The molecular formula is C22H18FN5O. The van der Waals surface area contributed by atoms with Crippen LogP contribution in [0.15, 0.2) is 60.8 Å². The van der Waals surface area contributed by atoms with Crippen molar-refractivity contribution < 1.29 is 9.18 Å². The van der Waals surface area contributed by atoms with Gasteiger partial charge >= 0.3 is 0 Å². The fourth-order valence-corrected chi connectivity index (χ4v) is 3.29. The molecule has 0 unspecified atom stereocenters.